The maximum absolute atomic E-state index is 12.5. The minimum Gasteiger partial charge on any atom is -0.415 e. The van der Waals surface area contributed by atoms with Crippen molar-refractivity contribution in [3.8, 4) is 0 Å². The van der Waals surface area contributed by atoms with Crippen LogP contribution in [-0.2, 0) is 0 Å². The van der Waals surface area contributed by atoms with Crippen molar-refractivity contribution in [3.63, 3.8) is 0 Å². The summed E-state index contributed by atoms with van der Waals surface area (Å²) in [4.78, 5) is 14.1. The van der Waals surface area contributed by atoms with Gasteiger partial charge < -0.3 is 10.2 Å². The number of rotatable bonds is 1. The number of halogens is 1. The third kappa shape index (κ3) is 1.24. The molecule has 0 saturated heterocycles. The third-order valence-corrected chi connectivity index (χ3v) is 1.65. The summed E-state index contributed by atoms with van der Waals surface area (Å²) in [6.07, 6.45) is -0.920. The maximum atomic E-state index is 12.5. The molecule has 13 heavy (non-hydrogen) atoms. The van der Waals surface area contributed by atoms with Crippen molar-refractivity contribution in [1.82, 2.24) is 4.98 Å². The van der Waals surface area contributed by atoms with E-state index in [0.717, 1.165) is 0 Å². The molecule has 1 amide bonds. The van der Waals surface area contributed by atoms with Crippen LogP contribution in [0.3, 0.4) is 0 Å². The number of carbonyl (C=O) groups is 1. The van der Waals surface area contributed by atoms with Gasteiger partial charge in [0.25, 0.3) is 0 Å². The second-order valence-electron chi connectivity index (χ2n) is 2.51. The highest BCUT2D eigenvalue weighted by Crippen LogP contribution is 2.15. The molecule has 0 radical (unpaired) electrons. The minimum absolute atomic E-state index is 0.216. The van der Waals surface area contributed by atoms with Crippen LogP contribution >= 0.6 is 0 Å². The quantitative estimate of drug-likeness (QED) is 0.713. The number of amides is 1. The molecule has 2 aromatic rings. The topological polar surface area (TPSA) is 69.1 Å². The largest absolute Gasteiger partial charge is 0.415 e. The Morgan fingerprint density at radius 3 is 3.00 bits per heavy atom. The van der Waals surface area contributed by atoms with Gasteiger partial charge in [-0.25, -0.2) is 0 Å². The molecule has 0 aliphatic rings. The van der Waals surface area contributed by atoms with Gasteiger partial charge >= 0.3 is 6.14 Å². The first-order valence-corrected chi connectivity index (χ1v) is 3.53. The fourth-order valence-electron chi connectivity index (χ4n) is 1.05. The van der Waals surface area contributed by atoms with Crippen LogP contribution in [0.5, 0.6) is 0 Å². The Morgan fingerprint density at radius 1 is 1.54 bits per heavy atom. The van der Waals surface area contributed by atoms with E-state index in [4.69, 9.17) is 5.73 Å². The van der Waals surface area contributed by atoms with Gasteiger partial charge in [-0.3, -0.25) is 4.79 Å². The fraction of sp³-hybridized carbons (Fsp3) is 0. The average Bonchev–Trinajstić information content (AvgIpc) is 2.42. The van der Waals surface area contributed by atoms with Crippen molar-refractivity contribution in [2.24, 2.45) is 5.73 Å². The number of benzene rings is 1. The summed E-state index contributed by atoms with van der Waals surface area (Å²) in [5.41, 5.74) is 5.86. The smallest absolute Gasteiger partial charge is 0.382 e. The number of primary amides is 1. The van der Waals surface area contributed by atoms with Crippen LogP contribution in [0.1, 0.15) is 10.4 Å². The summed E-state index contributed by atoms with van der Waals surface area (Å²) < 4.78 is 17.0. The Kier molecular flexibility index (Phi) is 1.51. The second-order valence-corrected chi connectivity index (χ2v) is 2.51. The molecule has 0 atom stereocenters. The molecule has 0 bridgehead atoms. The molecule has 0 saturated carbocycles. The number of hydrogen-bond donors (Lipinski definition) is 1. The predicted octanol–water partition coefficient (Wildman–Crippen LogP) is 1.07. The molecule has 2 N–H and O–H groups in total. The lowest BCUT2D eigenvalue weighted by atomic mass is 10.2. The van der Waals surface area contributed by atoms with E-state index in [2.05, 4.69) is 9.40 Å². The number of hydrogen-bond acceptors (Lipinski definition) is 3. The summed E-state index contributed by atoms with van der Waals surface area (Å²) in [7, 11) is 0. The molecule has 0 aliphatic heterocycles. The molecular formula is C8H5FN2O2. The first-order chi connectivity index (χ1) is 6.16. The normalized spacial score (nSPS) is 10.5. The van der Waals surface area contributed by atoms with Gasteiger partial charge in [0.05, 0.1) is 0 Å². The minimum atomic E-state index is -0.920. The van der Waals surface area contributed by atoms with Crippen LogP contribution < -0.4 is 5.73 Å². The SMILES string of the molecule is NC(=O)c1ccc2nc(F)oc2c1. The Labute approximate surface area is 72.2 Å². The van der Waals surface area contributed by atoms with Gasteiger partial charge in [-0.15, -0.1) is 4.39 Å². The molecule has 1 aromatic carbocycles. The molecule has 0 fully saturated rings. The van der Waals surface area contributed by atoms with Gasteiger partial charge in [-0.05, 0) is 18.2 Å². The molecule has 5 heteroatoms. The summed E-state index contributed by atoms with van der Waals surface area (Å²) in [5, 5.41) is 0. The Morgan fingerprint density at radius 2 is 2.31 bits per heavy atom. The zero-order valence-corrected chi connectivity index (χ0v) is 6.45. The summed E-state index contributed by atoms with van der Waals surface area (Å²) in [6.45, 7) is 0. The summed E-state index contributed by atoms with van der Waals surface area (Å²) in [6, 6.07) is 4.29. The van der Waals surface area contributed by atoms with Crippen molar-refractivity contribution < 1.29 is 13.6 Å². The molecule has 2 rings (SSSR count). The van der Waals surface area contributed by atoms with Crippen molar-refractivity contribution >= 4 is 17.0 Å². The van der Waals surface area contributed by atoms with Crippen molar-refractivity contribution in [2.45, 2.75) is 0 Å². The Balaban J connectivity index is 2.67. The molecule has 0 unspecified atom stereocenters. The number of fused-ring (bicyclic) bond motifs is 1. The van der Waals surface area contributed by atoms with E-state index < -0.39 is 12.1 Å². The van der Waals surface area contributed by atoms with Crippen LogP contribution in [-0.4, -0.2) is 10.9 Å². The highest BCUT2D eigenvalue weighted by atomic mass is 19.1. The first-order valence-electron chi connectivity index (χ1n) is 3.53. The van der Waals surface area contributed by atoms with Crippen molar-refractivity contribution in [2.75, 3.05) is 0 Å². The van der Waals surface area contributed by atoms with Crippen LogP contribution in [0.15, 0.2) is 22.6 Å². The van der Waals surface area contributed by atoms with E-state index in [0.29, 0.717) is 5.52 Å². The highest BCUT2D eigenvalue weighted by molar-refractivity contribution is 5.95. The molecule has 0 aliphatic carbocycles. The lowest BCUT2D eigenvalue weighted by Gasteiger charge is -1.91. The second kappa shape index (κ2) is 2.55. The Bertz CT molecular complexity index is 478. The van der Waals surface area contributed by atoms with E-state index in [1.54, 1.807) is 0 Å². The molecular weight excluding hydrogens is 175 g/mol. The van der Waals surface area contributed by atoms with Gasteiger partial charge in [0.15, 0.2) is 5.58 Å². The number of aromatic nitrogens is 1. The zero-order chi connectivity index (χ0) is 9.42. The first kappa shape index (κ1) is 7.72. The Hall–Kier alpha value is -1.91. The van der Waals surface area contributed by atoms with E-state index in [1.165, 1.54) is 18.2 Å². The van der Waals surface area contributed by atoms with Gasteiger partial charge in [-0.2, -0.15) is 4.98 Å². The molecule has 0 spiro atoms. The molecule has 1 aromatic heterocycles. The number of nitrogens with zero attached hydrogens (tertiary/aromatic N) is 1. The molecule has 66 valence electrons. The zero-order valence-electron chi connectivity index (χ0n) is 6.45. The van der Waals surface area contributed by atoms with E-state index in [-0.39, 0.29) is 11.1 Å². The standard InChI is InChI=1S/C8H5FN2O2/c9-8-11-5-2-1-4(7(10)12)3-6(5)13-8/h1-3H,(H2,10,12). The van der Waals surface area contributed by atoms with Gasteiger partial charge in [0, 0.05) is 5.56 Å². The lowest BCUT2D eigenvalue weighted by molar-refractivity contribution is 0.1000. The van der Waals surface area contributed by atoms with Gasteiger partial charge in [0.1, 0.15) is 5.52 Å². The number of oxazole rings is 1. The van der Waals surface area contributed by atoms with E-state index in [1.807, 2.05) is 0 Å². The highest BCUT2D eigenvalue weighted by Gasteiger charge is 2.07. The van der Waals surface area contributed by atoms with Crippen LogP contribution in [0.2, 0.25) is 0 Å². The summed E-state index contributed by atoms with van der Waals surface area (Å²) >= 11 is 0. The van der Waals surface area contributed by atoms with Crippen LogP contribution in [0.25, 0.3) is 11.1 Å². The molecule has 4 nitrogen and oxygen atoms in total. The van der Waals surface area contributed by atoms with Crippen molar-refractivity contribution in [3.05, 3.63) is 29.9 Å². The van der Waals surface area contributed by atoms with E-state index >= 15 is 0 Å². The number of carbonyl (C=O) groups excluding carboxylic acids is 1. The van der Waals surface area contributed by atoms with Crippen molar-refractivity contribution in [1.29, 1.82) is 0 Å². The van der Waals surface area contributed by atoms with Crippen LogP contribution in [0.4, 0.5) is 4.39 Å². The van der Waals surface area contributed by atoms with Gasteiger partial charge in [0.2, 0.25) is 5.91 Å². The molecule has 1 heterocycles. The van der Waals surface area contributed by atoms with E-state index in [9.17, 15) is 9.18 Å². The third-order valence-electron chi connectivity index (χ3n) is 1.65. The van der Waals surface area contributed by atoms with Crippen LogP contribution in [0, 0.1) is 6.14 Å². The summed E-state index contributed by atoms with van der Waals surface area (Å²) in [5.74, 6) is -0.585. The fourth-order valence-corrected chi connectivity index (χ4v) is 1.05. The average molecular weight is 180 g/mol. The maximum Gasteiger partial charge on any atom is 0.382 e. The number of nitrogens with two attached hydrogens (primary N) is 1. The monoisotopic (exact) mass is 180 g/mol. The lowest BCUT2D eigenvalue weighted by Crippen LogP contribution is -2.10. The van der Waals surface area contributed by atoms with Gasteiger partial charge in [-0.1, -0.05) is 0 Å². The predicted molar refractivity (Wildman–Crippen MR) is 42.5 cm³/mol.